The zero-order valence-electron chi connectivity index (χ0n) is 22.3. The summed E-state index contributed by atoms with van der Waals surface area (Å²) in [6.07, 6.45) is 6.57. The average Bonchev–Trinajstić information content (AvgIpc) is 3.49. The summed E-state index contributed by atoms with van der Waals surface area (Å²) < 4.78 is 16.7. The Hall–Kier alpha value is -4.41. The van der Waals surface area contributed by atoms with Crippen molar-refractivity contribution in [1.82, 2.24) is 19.8 Å². The molecule has 0 bridgehead atoms. The molecule has 1 fully saturated rings. The molecule has 2 N–H and O–H groups in total. The van der Waals surface area contributed by atoms with Gasteiger partial charge in [-0.15, -0.1) is 0 Å². The fraction of sp³-hybridized carbons (Fsp3) is 0.276. The Labute approximate surface area is 227 Å². The number of anilines is 3. The highest BCUT2D eigenvalue weighted by Crippen LogP contribution is 2.36. The third-order valence-electron chi connectivity index (χ3n) is 6.70. The number of aromatic nitrogens is 2. The monoisotopic (exact) mass is 528 g/mol. The van der Waals surface area contributed by atoms with Gasteiger partial charge in [0.2, 0.25) is 5.91 Å². The number of amides is 1. The van der Waals surface area contributed by atoms with Crippen LogP contribution in [0, 0.1) is 0 Å². The number of hydrogen-bond donors (Lipinski definition) is 2. The van der Waals surface area contributed by atoms with Crippen molar-refractivity contribution < 1.29 is 18.7 Å². The summed E-state index contributed by atoms with van der Waals surface area (Å²) in [7, 11) is 5.30. The van der Waals surface area contributed by atoms with Gasteiger partial charge in [0, 0.05) is 55.8 Å². The van der Waals surface area contributed by atoms with E-state index in [4.69, 9.17) is 13.9 Å². The molecule has 1 aliphatic heterocycles. The Morgan fingerprint density at radius 3 is 2.59 bits per heavy atom. The number of fused-ring (bicyclic) bond motifs is 1. The molecule has 0 spiro atoms. The smallest absolute Gasteiger partial charge is 0.248 e. The average molecular weight is 529 g/mol. The minimum atomic E-state index is -0.235. The molecule has 202 valence electrons. The number of rotatable bonds is 9. The molecule has 1 aliphatic rings. The van der Waals surface area contributed by atoms with Gasteiger partial charge in [-0.3, -0.25) is 9.69 Å². The molecule has 1 amide bonds. The second kappa shape index (κ2) is 12.0. The minimum Gasteiger partial charge on any atom is -0.495 e. The van der Waals surface area contributed by atoms with Gasteiger partial charge in [-0.1, -0.05) is 6.08 Å². The maximum absolute atomic E-state index is 12.8. The largest absolute Gasteiger partial charge is 0.495 e. The summed E-state index contributed by atoms with van der Waals surface area (Å²) >= 11 is 0. The second-order valence-corrected chi connectivity index (χ2v) is 9.30. The highest BCUT2D eigenvalue weighted by Gasteiger charge is 2.15. The van der Waals surface area contributed by atoms with Gasteiger partial charge in [0.05, 0.1) is 37.4 Å². The summed E-state index contributed by atoms with van der Waals surface area (Å²) in [6.45, 7) is 4.78. The molecule has 0 unspecified atom stereocenters. The topological polar surface area (TPSA) is 105 Å². The zero-order chi connectivity index (χ0) is 27.2. The molecular weight excluding hydrogens is 496 g/mol. The van der Waals surface area contributed by atoms with Crippen molar-refractivity contribution in [3.8, 4) is 22.8 Å². The molecule has 0 radical (unpaired) electrons. The number of furan rings is 1. The number of piperazine rings is 1. The van der Waals surface area contributed by atoms with Crippen molar-refractivity contribution in [1.29, 1.82) is 0 Å². The zero-order valence-corrected chi connectivity index (χ0v) is 22.3. The highest BCUT2D eigenvalue weighted by molar-refractivity contribution is 6.03. The van der Waals surface area contributed by atoms with Crippen LogP contribution >= 0.6 is 0 Å². The van der Waals surface area contributed by atoms with Crippen LogP contribution in [0.15, 0.2) is 71.6 Å². The normalized spacial score (nSPS) is 14.5. The predicted octanol–water partition coefficient (Wildman–Crippen LogP) is 4.39. The Morgan fingerprint density at radius 1 is 1.03 bits per heavy atom. The van der Waals surface area contributed by atoms with Crippen LogP contribution in [0.2, 0.25) is 0 Å². The summed E-state index contributed by atoms with van der Waals surface area (Å²) in [5, 5.41) is 7.02. The van der Waals surface area contributed by atoms with Gasteiger partial charge in [0.1, 0.15) is 29.4 Å². The van der Waals surface area contributed by atoms with Crippen molar-refractivity contribution in [3.63, 3.8) is 0 Å². The molecule has 10 heteroatoms. The van der Waals surface area contributed by atoms with Gasteiger partial charge in [0.25, 0.3) is 0 Å². The van der Waals surface area contributed by atoms with Gasteiger partial charge in [-0.25, -0.2) is 9.97 Å². The first-order chi connectivity index (χ1) is 19.0. The fourth-order valence-electron chi connectivity index (χ4n) is 4.49. The number of benzene rings is 2. The lowest BCUT2D eigenvalue weighted by molar-refractivity contribution is -0.111. The molecule has 2 aromatic heterocycles. The number of hydrogen-bond acceptors (Lipinski definition) is 9. The molecular formula is C29H32N6O4. The summed E-state index contributed by atoms with van der Waals surface area (Å²) in [5.74, 6) is 2.21. The number of nitrogens with zero attached hydrogens (tertiary/aromatic N) is 4. The standard InChI is InChI=1S/C29H32N6O4/c1-34-11-13-35(14-12-34)10-4-7-28(36)32-24-17-21-22(18-27(24)38-3)30-19-31-29(21)33-23-16-20(8-9-26(23)37-2)25-6-5-15-39-25/h4-9,15-19H,10-14H2,1-3H3,(H,32,36)(H,30,31,33)/b7-4+. The van der Waals surface area contributed by atoms with E-state index in [1.165, 1.54) is 6.33 Å². The van der Waals surface area contributed by atoms with E-state index in [0.717, 1.165) is 44.0 Å². The number of ether oxygens (including phenoxy) is 2. The number of nitrogens with one attached hydrogen (secondary N) is 2. The first-order valence-electron chi connectivity index (χ1n) is 12.7. The van der Waals surface area contributed by atoms with Crippen LogP contribution in [0.4, 0.5) is 17.2 Å². The van der Waals surface area contributed by atoms with Gasteiger partial charge in [0.15, 0.2) is 0 Å². The maximum Gasteiger partial charge on any atom is 0.248 e. The molecule has 0 aliphatic carbocycles. The summed E-state index contributed by atoms with van der Waals surface area (Å²) in [4.78, 5) is 26.3. The molecule has 5 rings (SSSR count). The SMILES string of the molecule is COc1cc2ncnc(Nc3cc(-c4ccco4)ccc3OC)c2cc1NC(=O)/C=C/CN1CCN(C)CC1. The van der Waals surface area contributed by atoms with Crippen molar-refractivity contribution in [3.05, 3.63) is 67.2 Å². The van der Waals surface area contributed by atoms with Gasteiger partial charge in [-0.2, -0.15) is 0 Å². The van der Waals surface area contributed by atoms with E-state index in [2.05, 4.69) is 37.4 Å². The Bertz CT molecular complexity index is 1460. The van der Waals surface area contributed by atoms with E-state index in [1.54, 1.807) is 32.6 Å². The number of carbonyl (C=O) groups is 1. The number of methoxy groups -OCH3 is 2. The van der Waals surface area contributed by atoms with E-state index in [9.17, 15) is 4.79 Å². The second-order valence-electron chi connectivity index (χ2n) is 9.30. The summed E-state index contributed by atoms with van der Waals surface area (Å²) in [5.41, 5.74) is 2.78. The van der Waals surface area contributed by atoms with Crippen LogP contribution in [0.25, 0.3) is 22.2 Å². The van der Waals surface area contributed by atoms with Gasteiger partial charge < -0.3 is 29.4 Å². The van der Waals surface area contributed by atoms with Crippen LogP contribution in [-0.4, -0.2) is 79.7 Å². The van der Waals surface area contributed by atoms with Crippen molar-refractivity contribution in [2.45, 2.75) is 0 Å². The maximum atomic E-state index is 12.8. The van der Waals surface area contributed by atoms with Crippen molar-refractivity contribution >= 4 is 34.0 Å². The molecule has 4 aromatic rings. The Balaban J connectivity index is 1.38. The lowest BCUT2D eigenvalue weighted by atomic mass is 10.1. The van der Waals surface area contributed by atoms with Crippen molar-refractivity contribution in [2.24, 2.45) is 0 Å². The molecule has 1 saturated heterocycles. The molecule has 10 nitrogen and oxygen atoms in total. The third-order valence-corrected chi connectivity index (χ3v) is 6.70. The van der Waals surface area contributed by atoms with Crippen LogP contribution in [-0.2, 0) is 4.79 Å². The summed E-state index contributed by atoms with van der Waals surface area (Å²) in [6, 6.07) is 13.1. The lowest BCUT2D eigenvalue weighted by Crippen LogP contribution is -2.44. The predicted molar refractivity (Wildman–Crippen MR) is 152 cm³/mol. The quantitative estimate of drug-likeness (QED) is 0.306. The van der Waals surface area contributed by atoms with Gasteiger partial charge in [-0.05, 0) is 43.4 Å². The Kier molecular flexibility index (Phi) is 8.04. The van der Waals surface area contributed by atoms with Crippen LogP contribution in [0.1, 0.15) is 0 Å². The van der Waals surface area contributed by atoms with Crippen molar-refractivity contribution in [2.75, 3.05) is 64.6 Å². The molecule has 3 heterocycles. The number of likely N-dealkylation sites (N-methyl/N-ethyl adjacent to an activating group) is 1. The van der Waals surface area contributed by atoms with Crippen LogP contribution in [0.3, 0.4) is 0 Å². The highest BCUT2D eigenvalue weighted by atomic mass is 16.5. The van der Waals surface area contributed by atoms with Gasteiger partial charge >= 0.3 is 0 Å². The third kappa shape index (κ3) is 6.19. The van der Waals surface area contributed by atoms with Crippen LogP contribution < -0.4 is 20.1 Å². The lowest BCUT2D eigenvalue weighted by Gasteiger charge is -2.31. The Morgan fingerprint density at radius 2 is 1.85 bits per heavy atom. The van der Waals surface area contributed by atoms with Crippen LogP contribution in [0.5, 0.6) is 11.5 Å². The van der Waals surface area contributed by atoms with E-state index in [-0.39, 0.29) is 5.91 Å². The van der Waals surface area contributed by atoms with E-state index >= 15 is 0 Å². The molecule has 0 atom stereocenters. The first kappa shape index (κ1) is 26.2. The van der Waals surface area contributed by atoms with E-state index < -0.39 is 0 Å². The van der Waals surface area contributed by atoms with E-state index in [0.29, 0.717) is 39.6 Å². The first-order valence-corrected chi connectivity index (χ1v) is 12.7. The fourth-order valence-corrected chi connectivity index (χ4v) is 4.49. The number of carbonyl (C=O) groups excluding carboxylic acids is 1. The minimum absolute atomic E-state index is 0.235. The molecule has 0 saturated carbocycles. The molecule has 39 heavy (non-hydrogen) atoms. The molecule has 2 aromatic carbocycles. The van der Waals surface area contributed by atoms with E-state index in [1.807, 2.05) is 42.5 Å².